The van der Waals surface area contributed by atoms with Crippen molar-refractivity contribution in [3.8, 4) is 0 Å². The molecule has 1 N–H and O–H groups in total. The van der Waals surface area contributed by atoms with Crippen LogP contribution in [0.4, 0.5) is 0 Å². The summed E-state index contributed by atoms with van der Waals surface area (Å²) in [5.74, 6) is 0.601. The van der Waals surface area contributed by atoms with Gasteiger partial charge in [-0.25, -0.2) is 0 Å². The SMILES string of the molecule is Cc1ccc(SCCNC(=O)CN2C(=O)CS/C2=C\C(=O)C(C)(C)C)cc1. The molecular formula is C20H26N2O3S2. The summed E-state index contributed by atoms with van der Waals surface area (Å²) < 4.78 is 0. The number of allylic oxidation sites excluding steroid dienone is 1. The summed E-state index contributed by atoms with van der Waals surface area (Å²) in [6.07, 6.45) is 1.48. The molecule has 0 aliphatic carbocycles. The summed E-state index contributed by atoms with van der Waals surface area (Å²) in [4.78, 5) is 39.0. The monoisotopic (exact) mass is 406 g/mol. The van der Waals surface area contributed by atoms with Crippen LogP contribution in [0.5, 0.6) is 0 Å². The van der Waals surface area contributed by atoms with Crippen LogP contribution in [-0.2, 0) is 14.4 Å². The number of benzene rings is 1. The van der Waals surface area contributed by atoms with Gasteiger partial charge in [-0.3, -0.25) is 19.3 Å². The van der Waals surface area contributed by atoms with Gasteiger partial charge in [0.25, 0.3) is 0 Å². The molecule has 2 rings (SSSR count). The van der Waals surface area contributed by atoms with Crippen LogP contribution in [0.25, 0.3) is 0 Å². The molecule has 1 aliphatic heterocycles. The van der Waals surface area contributed by atoms with Crippen molar-refractivity contribution in [1.82, 2.24) is 10.2 Å². The number of thioether (sulfide) groups is 2. The molecule has 2 amide bonds. The number of ketones is 1. The van der Waals surface area contributed by atoms with Crippen molar-refractivity contribution in [2.75, 3.05) is 24.6 Å². The highest BCUT2D eigenvalue weighted by atomic mass is 32.2. The largest absolute Gasteiger partial charge is 0.354 e. The van der Waals surface area contributed by atoms with Gasteiger partial charge in [0.15, 0.2) is 5.78 Å². The van der Waals surface area contributed by atoms with Crippen molar-refractivity contribution < 1.29 is 14.4 Å². The first-order valence-corrected chi connectivity index (χ1v) is 10.8. The smallest absolute Gasteiger partial charge is 0.240 e. The molecule has 1 saturated heterocycles. The van der Waals surface area contributed by atoms with Crippen LogP contribution < -0.4 is 5.32 Å². The molecular weight excluding hydrogens is 380 g/mol. The van der Waals surface area contributed by atoms with Crippen LogP contribution in [0, 0.1) is 12.3 Å². The van der Waals surface area contributed by atoms with E-state index in [-0.39, 0.29) is 29.9 Å². The Labute approximate surface area is 169 Å². The molecule has 1 aromatic carbocycles. The molecule has 0 radical (unpaired) electrons. The average molecular weight is 407 g/mol. The number of aryl methyl sites for hydroxylation is 1. The van der Waals surface area contributed by atoms with Gasteiger partial charge in [0.1, 0.15) is 6.54 Å². The van der Waals surface area contributed by atoms with E-state index in [9.17, 15) is 14.4 Å². The lowest BCUT2D eigenvalue weighted by Gasteiger charge is -2.19. The fourth-order valence-corrected chi connectivity index (χ4v) is 3.93. The van der Waals surface area contributed by atoms with Crippen molar-refractivity contribution in [3.05, 3.63) is 40.9 Å². The van der Waals surface area contributed by atoms with E-state index >= 15 is 0 Å². The van der Waals surface area contributed by atoms with E-state index in [4.69, 9.17) is 0 Å². The van der Waals surface area contributed by atoms with Crippen LogP contribution in [0.1, 0.15) is 26.3 Å². The number of rotatable bonds is 7. The number of hydrogen-bond acceptors (Lipinski definition) is 5. The second-order valence-electron chi connectivity index (χ2n) is 7.38. The van der Waals surface area contributed by atoms with E-state index in [1.807, 2.05) is 27.7 Å². The van der Waals surface area contributed by atoms with Crippen LogP contribution in [0.2, 0.25) is 0 Å². The molecule has 1 aromatic rings. The molecule has 1 aliphatic rings. The number of nitrogens with one attached hydrogen (secondary N) is 1. The topological polar surface area (TPSA) is 66.5 Å². The van der Waals surface area contributed by atoms with Crippen LogP contribution in [0.3, 0.4) is 0 Å². The fourth-order valence-electron chi connectivity index (χ4n) is 2.22. The van der Waals surface area contributed by atoms with Gasteiger partial charge in [0.05, 0.1) is 10.8 Å². The minimum atomic E-state index is -0.514. The standard InChI is InChI=1S/C20H26N2O3S2/c1-14-5-7-15(8-6-14)26-10-9-21-17(24)12-22-18(25)13-27-19(22)11-16(23)20(2,3)4/h5-8,11H,9-10,12-13H2,1-4H3,(H,21,24)/b19-11-. The lowest BCUT2D eigenvalue weighted by Crippen LogP contribution is -2.38. The van der Waals surface area contributed by atoms with Crippen molar-refractivity contribution in [2.45, 2.75) is 32.6 Å². The first-order chi connectivity index (χ1) is 12.7. The average Bonchev–Trinajstić information content (AvgIpc) is 2.92. The summed E-state index contributed by atoms with van der Waals surface area (Å²) in [6.45, 7) is 8.00. The Morgan fingerprint density at radius 2 is 1.93 bits per heavy atom. The van der Waals surface area contributed by atoms with Crippen LogP contribution in [-0.4, -0.2) is 47.1 Å². The molecule has 1 heterocycles. The van der Waals surface area contributed by atoms with E-state index in [1.54, 1.807) is 11.8 Å². The van der Waals surface area contributed by atoms with Gasteiger partial charge in [0, 0.05) is 28.7 Å². The maximum Gasteiger partial charge on any atom is 0.240 e. The number of hydrogen-bond donors (Lipinski definition) is 1. The Hall–Kier alpha value is -1.73. The summed E-state index contributed by atoms with van der Waals surface area (Å²) >= 11 is 2.97. The third kappa shape index (κ3) is 6.74. The van der Waals surface area contributed by atoms with Crippen molar-refractivity contribution in [2.24, 2.45) is 5.41 Å². The highest BCUT2D eigenvalue weighted by Crippen LogP contribution is 2.30. The Bertz CT molecular complexity index is 737. The number of nitrogens with zero attached hydrogens (tertiary/aromatic N) is 1. The van der Waals surface area contributed by atoms with Gasteiger partial charge in [-0.05, 0) is 19.1 Å². The van der Waals surface area contributed by atoms with E-state index in [1.165, 1.54) is 28.3 Å². The summed E-state index contributed by atoms with van der Waals surface area (Å²) in [6, 6.07) is 8.24. The Morgan fingerprint density at radius 3 is 2.56 bits per heavy atom. The van der Waals surface area contributed by atoms with Crippen molar-refractivity contribution >= 4 is 41.1 Å². The van der Waals surface area contributed by atoms with Gasteiger partial charge >= 0.3 is 0 Å². The highest BCUT2D eigenvalue weighted by Gasteiger charge is 2.30. The second kappa shape index (κ2) is 9.46. The first kappa shape index (κ1) is 21.6. The van der Waals surface area contributed by atoms with Gasteiger partial charge in [-0.2, -0.15) is 0 Å². The highest BCUT2D eigenvalue weighted by molar-refractivity contribution is 8.04. The third-order valence-electron chi connectivity index (χ3n) is 3.92. The first-order valence-electron chi connectivity index (χ1n) is 8.82. The summed E-state index contributed by atoms with van der Waals surface area (Å²) in [5.41, 5.74) is 0.704. The van der Waals surface area contributed by atoms with E-state index < -0.39 is 5.41 Å². The van der Waals surface area contributed by atoms with Gasteiger partial charge in [-0.15, -0.1) is 11.8 Å². The van der Waals surface area contributed by atoms with Crippen LogP contribution >= 0.6 is 23.5 Å². The Kier molecular flexibility index (Phi) is 7.56. The molecule has 5 nitrogen and oxygen atoms in total. The Balaban J connectivity index is 1.82. The quantitative estimate of drug-likeness (QED) is 0.428. The maximum atomic E-state index is 12.2. The zero-order chi connectivity index (χ0) is 20.0. The van der Waals surface area contributed by atoms with Crippen LogP contribution in [0.15, 0.2) is 40.3 Å². The molecule has 0 atom stereocenters. The number of carbonyl (C=O) groups is 3. The molecule has 0 unspecified atom stereocenters. The fraction of sp³-hybridized carbons (Fsp3) is 0.450. The zero-order valence-electron chi connectivity index (χ0n) is 16.2. The maximum absolute atomic E-state index is 12.2. The van der Waals surface area contributed by atoms with E-state index in [0.717, 1.165) is 10.6 Å². The Morgan fingerprint density at radius 1 is 1.26 bits per heavy atom. The lowest BCUT2D eigenvalue weighted by atomic mass is 9.91. The minimum Gasteiger partial charge on any atom is -0.354 e. The minimum absolute atomic E-state index is 0.0513. The molecule has 27 heavy (non-hydrogen) atoms. The molecule has 1 fully saturated rings. The van der Waals surface area contributed by atoms with Gasteiger partial charge in [0.2, 0.25) is 11.8 Å². The van der Waals surface area contributed by atoms with E-state index in [2.05, 4.69) is 29.6 Å². The van der Waals surface area contributed by atoms with Crippen molar-refractivity contribution in [3.63, 3.8) is 0 Å². The molecule has 7 heteroatoms. The third-order valence-corrected chi connectivity index (χ3v) is 5.96. The molecule has 0 saturated carbocycles. The number of carbonyl (C=O) groups excluding carboxylic acids is 3. The predicted octanol–water partition coefficient (Wildman–Crippen LogP) is 3.24. The molecule has 146 valence electrons. The number of amides is 2. The normalized spacial score (nSPS) is 16.1. The zero-order valence-corrected chi connectivity index (χ0v) is 17.8. The van der Waals surface area contributed by atoms with Crippen molar-refractivity contribution in [1.29, 1.82) is 0 Å². The van der Waals surface area contributed by atoms with Gasteiger partial charge in [-0.1, -0.05) is 50.2 Å². The molecule has 0 spiro atoms. The predicted molar refractivity (Wildman–Crippen MR) is 112 cm³/mol. The molecule has 0 aromatic heterocycles. The molecule has 0 bridgehead atoms. The van der Waals surface area contributed by atoms with Gasteiger partial charge < -0.3 is 5.32 Å². The summed E-state index contributed by atoms with van der Waals surface area (Å²) in [5, 5.41) is 3.40. The summed E-state index contributed by atoms with van der Waals surface area (Å²) in [7, 11) is 0. The van der Waals surface area contributed by atoms with E-state index in [0.29, 0.717) is 11.6 Å². The second-order valence-corrected chi connectivity index (χ2v) is 9.54. The lowest BCUT2D eigenvalue weighted by molar-refractivity contribution is -0.131.